The molecule has 2 heterocycles. The molecule has 0 amide bonds. The number of halogens is 1. The Bertz CT molecular complexity index is 1170. The fourth-order valence-electron chi connectivity index (χ4n) is 3.44. The van der Waals surface area contributed by atoms with Gasteiger partial charge in [0.25, 0.3) is 5.56 Å². The van der Waals surface area contributed by atoms with E-state index >= 15 is 0 Å². The van der Waals surface area contributed by atoms with E-state index in [1.165, 1.54) is 31.5 Å². The molecule has 1 saturated carbocycles. The summed E-state index contributed by atoms with van der Waals surface area (Å²) >= 11 is 0. The average Bonchev–Trinajstić information content (AvgIpc) is 3.51. The highest BCUT2D eigenvalue weighted by molar-refractivity contribution is 6.59. The summed E-state index contributed by atoms with van der Waals surface area (Å²) < 4.78 is 20.9. The maximum Gasteiger partial charge on any atom is 0.489 e. The smallest absolute Gasteiger partial charge is 0.461 e. The molecule has 2 aromatic heterocycles. The molecule has 0 spiro atoms. The molecule has 1 fully saturated rings. The molecule has 29 heavy (non-hydrogen) atoms. The molecule has 0 aliphatic heterocycles. The molecule has 3 aromatic rings. The summed E-state index contributed by atoms with van der Waals surface area (Å²) in [6, 6.07) is 6.18. The lowest BCUT2D eigenvalue weighted by molar-refractivity contribution is -0.142. The van der Waals surface area contributed by atoms with Crippen molar-refractivity contribution in [3.8, 4) is 5.82 Å². The average molecular weight is 396 g/mol. The van der Waals surface area contributed by atoms with Gasteiger partial charge in [0.15, 0.2) is 0 Å². The molecule has 148 valence electrons. The zero-order valence-corrected chi connectivity index (χ0v) is 15.6. The molecule has 0 atom stereocenters. The number of aromatic nitrogens is 2. The Hall–Kier alpha value is -3.04. The van der Waals surface area contributed by atoms with Crippen molar-refractivity contribution in [2.75, 3.05) is 0 Å². The summed E-state index contributed by atoms with van der Waals surface area (Å²) in [5.41, 5.74) is 0.427. The van der Waals surface area contributed by atoms with Crippen molar-refractivity contribution in [1.29, 1.82) is 0 Å². The molecule has 4 rings (SSSR count). The molecular formula is C20H18BFN2O5. The summed E-state index contributed by atoms with van der Waals surface area (Å²) in [5, 5.41) is 19.7. The first kappa shape index (κ1) is 19.3. The van der Waals surface area contributed by atoms with E-state index < -0.39 is 24.5 Å². The highest BCUT2D eigenvalue weighted by Gasteiger charge is 2.26. The fourth-order valence-corrected chi connectivity index (χ4v) is 3.44. The molecule has 0 radical (unpaired) electrons. The minimum atomic E-state index is -1.86. The van der Waals surface area contributed by atoms with Crippen molar-refractivity contribution in [1.82, 2.24) is 9.55 Å². The van der Waals surface area contributed by atoms with Crippen LogP contribution in [-0.2, 0) is 16.1 Å². The number of rotatable bonds is 5. The van der Waals surface area contributed by atoms with Gasteiger partial charge in [0.2, 0.25) is 0 Å². The first-order valence-electron chi connectivity index (χ1n) is 9.19. The van der Waals surface area contributed by atoms with Crippen molar-refractivity contribution in [2.45, 2.75) is 32.3 Å². The van der Waals surface area contributed by atoms with Crippen LogP contribution in [0.5, 0.6) is 0 Å². The number of hydrogen-bond donors (Lipinski definition) is 2. The summed E-state index contributed by atoms with van der Waals surface area (Å²) in [6.45, 7) is 0.888. The predicted molar refractivity (Wildman–Crippen MR) is 105 cm³/mol. The second-order valence-corrected chi connectivity index (χ2v) is 7.09. The number of benzene rings is 1. The number of esters is 1. The quantitative estimate of drug-likeness (QED) is 0.496. The zero-order chi connectivity index (χ0) is 20.7. The summed E-state index contributed by atoms with van der Waals surface area (Å²) in [4.78, 5) is 28.5. The van der Waals surface area contributed by atoms with E-state index in [-0.39, 0.29) is 28.8 Å². The molecule has 1 aliphatic rings. The molecule has 9 heteroatoms. The second kappa shape index (κ2) is 7.42. The van der Waals surface area contributed by atoms with Gasteiger partial charge in [0, 0.05) is 24.9 Å². The monoisotopic (exact) mass is 396 g/mol. The van der Waals surface area contributed by atoms with E-state index in [0.29, 0.717) is 11.3 Å². The van der Waals surface area contributed by atoms with E-state index in [1.54, 1.807) is 6.07 Å². The fraction of sp³-hybridized carbons (Fsp3) is 0.250. The molecule has 0 saturated heterocycles. The molecule has 2 N–H and O–H groups in total. The molecule has 1 aromatic carbocycles. The molecule has 7 nitrogen and oxygen atoms in total. The third kappa shape index (κ3) is 3.66. The number of carbonyl (C=O) groups is 1. The number of pyridine rings is 2. The Labute approximate surface area is 165 Å². The van der Waals surface area contributed by atoms with Gasteiger partial charge in [-0.3, -0.25) is 14.2 Å². The number of fused-ring (bicyclic) bond motifs is 1. The van der Waals surface area contributed by atoms with Gasteiger partial charge in [0.1, 0.15) is 18.2 Å². The number of hydrogen-bond acceptors (Lipinski definition) is 6. The summed E-state index contributed by atoms with van der Waals surface area (Å²) in [7, 11) is -1.86. The van der Waals surface area contributed by atoms with Crippen LogP contribution in [0.1, 0.15) is 36.8 Å². The Morgan fingerprint density at radius 3 is 2.76 bits per heavy atom. The lowest BCUT2D eigenvalue weighted by Crippen LogP contribution is -2.36. The number of nitrogens with zero attached hydrogens (tertiary/aromatic N) is 2. The van der Waals surface area contributed by atoms with Gasteiger partial charge < -0.3 is 14.8 Å². The Kier molecular flexibility index (Phi) is 4.93. The molecule has 0 bridgehead atoms. The molecule has 1 aliphatic carbocycles. The third-order valence-corrected chi connectivity index (χ3v) is 5.02. The van der Waals surface area contributed by atoms with Gasteiger partial charge in [-0.15, -0.1) is 0 Å². The maximum absolute atomic E-state index is 14.8. The van der Waals surface area contributed by atoms with Crippen molar-refractivity contribution >= 4 is 29.3 Å². The lowest BCUT2D eigenvalue weighted by Gasteiger charge is -2.15. The number of carbonyl (C=O) groups excluding carboxylic acids is 1. The van der Waals surface area contributed by atoms with E-state index in [2.05, 4.69) is 4.98 Å². The third-order valence-electron chi connectivity index (χ3n) is 5.02. The first-order chi connectivity index (χ1) is 13.9. The molecular weight excluding hydrogens is 378 g/mol. The highest BCUT2D eigenvalue weighted by Crippen LogP contribution is 2.41. The Morgan fingerprint density at radius 2 is 2.10 bits per heavy atom. The van der Waals surface area contributed by atoms with E-state index in [0.717, 1.165) is 23.0 Å². The zero-order valence-electron chi connectivity index (χ0n) is 15.6. The van der Waals surface area contributed by atoms with Crippen LogP contribution in [0.15, 0.2) is 41.5 Å². The van der Waals surface area contributed by atoms with Gasteiger partial charge in [-0.05, 0) is 53.4 Å². The largest absolute Gasteiger partial charge is 0.489 e. The Balaban J connectivity index is 1.90. The number of ether oxygens (including phenoxy) is 1. The van der Waals surface area contributed by atoms with Crippen molar-refractivity contribution < 1.29 is 24.0 Å². The van der Waals surface area contributed by atoms with Gasteiger partial charge in [0.05, 0.1) is 5.39 Å². The van der Waals surface area contributed by atoms with Gasteiger partial charge >= 0.3 is 13.1 Å². The Morgan fingerprint density at radius 1 is 1.34 bits per heavy atom. The van der Waals surface area contributed by atoms with Gasteiger partial charge in [-0.25, -0.2) is 9.37 Å². The molecule has 0 unspecified atom stereocenters. The summed E-state index contributed by atoms with van der Waals surface area (Å²) in [5.74, 6) is -0.809. The van der Waals surface area contributed by atoms with E-state index in [1.807, 2.05) is 6.07 Å². The van der Waals surface area contributed by atoms with Gasteiger partial charge in [-0.1, -0.05) is 6.07 Å². The predicted octanol–water partition coefficient (Wildman–Crippen LogP) is 1.15. The van der Waals surface area contributed by atoms with Crippen molar-refractivity contribution in [2.24, 2.45) is 0 Å². The standard InChI is InChI=1S/C20H18BFN2O5/c1-11(25)29-10-15-16(21(27)28)4-6-23-19(15)24-7-5-13-8-14(12-2-3-12)9-17(22)18(13)20(24)26/h4-9,12,27-28H,2-3,10H2,1H3. The van der Waals surface area contributed by atoms with Crippen LogP contribution in [0.2, 0.25) is 0 Å². The van der Waals surface area contributed by atoms with Crippen LogP contribution >= 0.6 is 0 Å². The van der Waals surface area contributed by atoms with E-state index in [4.69, 9.17) is 4.74 Å². The minimum Gasteiger partial charge on any atom is -0.461 e. The van der Waals surface area contributed by atoms with Gasteiger partial charge in [-0.2, -0.15) is 0 Å². The van der Waals surface area contributed by atoms with Crippen LogP contribution < -0.4 is 11.0 Å². The van der Waals surface area contributed by atoms with E-state index in [9.17, 15) is 24.0 Å². The lowest BCUT2D eigenvalue weighted by atomic mass is 9.77. The van der Waals surface area contributed by atoms with Crippen LogP contribution in [-0.4, -0.2) is 32.7 Å². The van der Waals surface area contributed by atoms with Crippen LogP contribution in [0.25, 0.3) is 16.6 Å². The maximum atomic E-state index is 14.8. The second-order valence-electron chi connectivity index (χ2n) is 7.09. The topological polar surface area (TPSA) is 102 Å². The normalized spacial score (nSPS) is 13.5. The van der Waals surface area contributed by atoms with Crippen LogP contribution in [0.3, 0.4) is 0 Å². The highest BCUT2D eigenvalue weighted by atomic mass is 19.1. The SMILES string of the molecule is CC(=O)OCc1c(B(O)O)ccnc1-n1ccc2cc(C3CC3)cc(F)c2c1=O. The van der Waals surface area contributed by atoms with Crippen molar-refractivity contribution in [3.63, 3.8) is 0 Å². The minimum absolute atomic E-state index is 0.0350. The van der Waals surface area contributed by atoms with Crippen molar-refractivity contribution in [3.05, 3.63) is 64.0 Å². The first-order valence-corrected chi connectivity index (χ1v) is 9.19. The van der Waals surface area contributed by atoms with Crippen LogP contribution in [0, 0.1) is 5.82 Å². The van der Waals surface area contributed by atoms with Crippen LogP contribution in [0.4, 0.5) is 4.39 Å². The summed E-state index contributed by atoms with van der Waals surface area (Å²) in [6.07, 6.45) is 4.78.